The Labute approximate surface area is 142 Å². The lowest BCUT2D eigenvalue weighted by molar-refractivity contribution is 0.208. The number of benzene rings is 1. The first-order chi connectivity index (χ1) is 11.5. The van der Waals surface area contributed by atoms with Crippen LogP contribution in [-0.4, -0.2) is 43.1 Å². The Bertz CT molecular complexity index is 850. The number of nitrogen functional groups attached to an aromatic ring is 1. The predicted octanol–water partition coefficient (Wildman–Crippen LogP) is 1.39. The number of nitrogens with one attached hydrogen (secondary N) is 3. The van der Waals surface area contributed by atoms with E-state index < -0.39 is 6.10 Å². The van der Waals surface area contributed by atoms with Crippen LogP contribution in [0.4, 0.5) is 17.5 Å². The number of aromatic nitrogens is 5. The average Bonchev–Trinajstić information content (AvgIpc) is 3.02. The summed E-state index contributed by atoms with van der Waals surface area (Å²) in [5, 5.41) is 26.6. The molecule has 24 heavy (non-hydrogen) atoms. The molecule has 3 rings (SSSR count). The predicted molar refractivity (Wildman–Crippen MR) is 92.8 cm³/mol. The quantitative estimate of drug-likeness (QED) is 0.421. The topological polar surface area (TPSA) is 138 Å². The van der Waals surface area contributed by atoms with Gasteiger partial charge in [0.25, 0.3) is 0 Å². The van der Waals surface area contributed by atoms with Gasteiger partial charge in [0.1, 0.15) is 0 Å². The number of aromatic amines is 1. The summed E-state index contributed by atoms with van der Waals surface area (Å²) in [5.74, 6) is 0.880. The maximum atomic E-state index is 9.37. The number of H-pyrrole nitrogens is 1. The summed E-state index contributed by atoms with van der Waals surface area (Å²) in [6, 6.07) is 5.41. The van der Waals surface area contributed by atoms with Gasteiger partial charge in [-0.25, -0.2) is 0 Å². The van der Waals surface area contributed by atoms with Gasteiger partial charge >= 0.3 is 0 Å². The van der Waals surface area contributed by atoms with Gasteiger partial charge in [0.05, 0.1) is 16.8 Å². The number of rotatable bonds is 6. The van der Waals surface area contributed by atoms with Crippen LogP contribution < -0.4 is 16.4 Å². The Morgan fingerprint density at radius 3 is 2.88 bits per heavy atom. The molecule has 9 nitrogen and oxygen atoms in total. The summed E-state index contributed by atoms with van der Waals surface area (Å²) < 4.78 is 0. The van der Waals surface area contributed by atoms with Crippen molar-refractivity contribution < 1.29 is 5.11 Å². The van der Waals surface area contributed by atoms with Crippen LogP contribution in [0.5, 0.6) is 0 Å². The van der Waals surface area contributed by atoms with Crippen LogP contribution in [0.15, 0.2) is 18.2 Å². The molecule has 0 radical (unpaired) electrons. The second-order valence-electron chi connectivity index (χ2n) is 5.33. The normalized spacial score (nSPS) is 12.3. The van der Waals surface area contributed by atoms with Gasteiger partial charge in [-0.3, -0.25) is 0 Å². The number of nitrogens with zero attached hydrogens (tertiary/aromatic N) is 4. The van der Waals surface area contributed by atoms with E-state index in [0.717, 1.165) is 5.56 Å². The van der Waals surface area contributed by atoms with Gasteiger partial charge in [0.2, 0.25) is 11.6 Å². The molecule has 126 valence electrons. The van der Waals surface area contributed by atoms with E-state index in [-0.39, 0.29) is 0 Å². The van der Waals surface area contributed by atoms with Crippen molar-refractivity contribution in [2.75, 3.05) is 22.9 Å². The molecule has 0 spiro atoms. The Morgan fingerprint density at radius 2 is 2.12 bits per heavy atom. The number of nitrogens with two attached hydrogens (primary N) is 1. The average molecular weight is 349 g/mol. The fourth-order valence-corrected chi connectivity index (χ4v) is 2.19. The minimum absolute atomic E-state index is 0.330. The highest BCUT2D eigenvalue weighted by Gasteiger charge is 2.12. The van der Waals surface area contributed by atoms with Crippen LogP contribution >= 0.6 is 11.6 Å². The first-order valence-electron chi connectivity index (χ1n) is 7.31. The Hall–Kier alpha value is -2.65. The summed E-state index contributed by atoms with van der Waals surface area (Å²) in [7, 11) is 0. The molecule has 0 bridgehead atoms. The Balaban J connectivity index is 1.81. The van der Waals surface area contributed by atoms with E-state index in [4.69, 9.17) is 17.3 Å². The van der Waals surface area contributed by atoms with Gasteiger partial charge in [-0.2, -0.15) is 20.3 Å². The van der Waals surface area contributed by atoms with Crippen molar-refractivity contribution in [3.63, 3.8) is 0 Å². The maximum Gasteiger partial charge on any atom is 0.227 e. The Morgan fingerprint density at radius 1 is 1.29 bits per heavy atom. The lowest BCUT2D eigenvalue weighted by Gasteiger charge is -2.10. The number of aliphatic hydroxyl groups is 1. The molecular weight excluding hydrogens is 332 g/mol. The van der Waals surface area contributed by atoms with Gasteiger partial charge in [0, 0.05) is 13.1 Å². The van der Waals surface area contributed by atoms with Crippen molar-refractivity contribution >= 4 is 40.2 Å². The lowest BCUT2D eigenvalue weighted by atomic mass is 10.2. The molecule has 0 fully saturated rings. The highest BCUT2D eigenvalue weighted by Crippen LogP contribution is 2.22. The molecule has 2 aromatic heterocycles. The first kappa shape index (κ1) is 16.2. The van der Waals surface area contributed by atoms with Crippen molar-refractivity contribution in [3.05, 3.63) is 28.8 Å². The molecule has 0 aliphatic carbocycles. The van der Waals surface area contributed by atoms with Crippen LogP contribution in [0.25, 0.3) is 11.2 Å². The number of hydrogen-bond donors (Lipinski definition) is 5. The van der Waals surface area contributed by atoms with Crippen molar-refractivity contribution in [3.8, 4) is 0 Å². The number of hydrogen-bond acceptors (Lipinski definition) is 8. The fraction of sp³-hybridized carbons (Fsp3) is 0.286. The molecular formula is C14H17ClN8O. The summed E-state index contributed by atoms with van der Waals surface area (Å²) >= 11 is 5.93. The third kappa shape index (κ3) is 3.63. The molecule has 2 heterocycles. The molecule has 0 aliphatic rings. The van der Waals surface area contributed by atoms with Gasteiger partial charge in [-0.15, -0.1) is 5.10 Å². The lowest BCUT2D eigenvalue weighted by Crippen LogP contribution is -2.17. The van der Waals surface area contributed by atoms with Crippen LogP contribution in [0.1, 0.15) is 12.5 Å². The number of anilines is 3. The second-order valence-corrected chi connectivity index (χ2v) is 5.74. The minimum atomic E-state index is -0.518. The number of halogens is 1. The number of aliphatic hydroxyl groups excluding tert-OH is 1. The molecule has 1 unspecified atom stereocenters. The maximum absolute atomic E-state index is 9.37. The van der Waals surface area contributed by atoms with Crippen molar-refractivity contribution in [1.82, 2.24) is 25.4 Å². The monoisotopic (exact) mass is 348 g/mol. The van der Waals surface area contributed by atoms with E-state index >= 15 is 0 Å². The molecule has 0 aliphatic heterocycles. The highest BCUT2D eigenvalue weighted by atomic mass is 35.5. The van der Waals surface area contributed by atoms with Crippen molar-refractivity contribution in [1.29, 1.82) is 0 Å². The molecule has 1 aromatic carbocycles. The summed E-state index contributed by atoms with van der Waals surface area (Å²) in [5.41, 5.74) is 8.23. The summed E-state index contributed by atoms with van der Waals surface area (Å²) in [6.45, 7) is 2.48. The van der Waals surface area contributed by atoms with Crippen molar-refractivity contribution in [2.24, 2.45) is 0 Å². The molecule has 1 atom stereocenters. The second kappa shape index (κ2) is 6.85. The zero-order valence-electron chi connectivity index (χ0n) is 12.9. The zero-order chi connectivity index (χ0) is 17.1. The van der Waals surface area contributed by atoms with Gasteiger partial charge in [0.15, 0.2) is 11.3 Å². The molecule has 0 saturated carbocycles. The van der Waals surface area contributed by atoms with E-state index in [9.17, 15) is 5.11 Å². The van der Waals surface area contributed by atoms with E-state index in [1.807, 2.05) is 6.07 Å². The summed E-state index contributed by atoms with van der Waals surface area (Å²) in [4.78, 5) is 8.61. The number of fused-ring (bicyclic) bond motifs is 1. The fourth-order valence-electron chi connectivity index (χ4n) is 2.08. The van der Waals surface area contributed by atoms with Gasteiger partial charge in [-0.1, -0.05) is 17.7 Å². The van der Waals surface area contributed by atoms with Crippen LogP contribution in [0, 0.1) is 0 Å². The zero-order valence-corrected chi connectivity index (χ0v) is 13.7. The van der Waals surface area contributed by atoms with E-state index in [1.54, 1.807) is 19.1 Å². The van der Waals surface area contributed by atoms with Crippen LogP contribution in [0.2, 0.25) is 5.02 Å². The Kier molecular flexibility index (Phi) is 4.63. The first-order valence-corrected chi connectivity index (χ1v) is 7.69. The molecule has 10 heteroatoms. The molecule has 0 amide bonds. The van der Waals surface area contributed by atoms with Gasteiger partial charge in [-0.05, 0) is 24.6 Å². The van der Waals surface area contributed by atoms with Gasteiger partial charge < -0.3 is 21.5 Å². The van der Waals surface area contributed by atoms with Crippen LogP contribution in [-0.2, 0) is 6.54 Å². The van der Waals surface area contributed by atoms with E-state index in [0.29, 0.717) is 46.7 Å². The smallest absolute Gasteiger partial charge is 0.227 e. The van der Waals surface area contributed by atoms with Crippen LogP contribution in [0.3, 0.4) is 0 Å². The summed E-state index contributed by atoms with van der Waals surface area (Å²) in [6.07, 6.45) is -0.518. The van der Waals surface area contributed by atoms with E-state index in [1.165, 1.54) is 0 Å². The third-order valence-corrected chi connectivity index (χ3v) is 3.60. The standard InChI is InChI=1S/C14H17ClN8O/c1-7(24)5-18-14-19-12(11-13(20-14)22-23-21-11)17-6-8-2-3-9(15)10(16)4-8/h2-4,7,24H,5-6,16H2,1H3,(H3,17,18,19,20,21,22,23). The highest BCUT2D eigenvalue weighted by molar-refractivity contribution is 6.33. The third-order valence-electron chi connectivity index (χ3n) is 3.26. The molecule has 6 N–H and O–H groups in total. The SMILES string of the molecule is CC(O)CNc1nc(NCc2ccc(Cl)c(N)c2)c2n[nH]nc2n1. The van der Waals surface area contributed by atoms with E-state index in [2.05, 4.69) is 36.0 Å². The molecule has 3 aromatic rings. The minimum Gasteiger partial charge on any atom is -0.398 e. The molecule has 0 saturated heterocycles. The largest absolute Gasteiger partial charge is 0.398 e. The van der Waals surface area contributed by atoms with Crippen molar-refractivity contribution in [2.45, 2.75) is 19.6 Å².